The molecule has 0 saturated heterocycles. The Labute approximate surface area is 172 Å². The number of anilines is 2. The fraction of sp³-hybridized carbons (Fsp3) is 0.333. The van der Waals surface area contributed by atoms with Gasteiger partial charge in [-0.25, -0.2) is 4.79 Å². The summed E-state index contributed by atoms with van der Waals surface area (Å²) < 4.78 is 15.5. The topological polar surface area (TPSA) is 68.8 Å². The number of benzene rings is 1. The highest BCUT2D eigenvalue weighted by molar-refractivity contribution is 7.80. The number of hydrogen-bond acceptors (Lipinski definition) is 6. The van der Waals surface area contributed by atoms with E-state index in [9.17, 15) is 4.79 Å². The number of thiocarbonyl (C=S) groups is 1. The summed E-state index contributed by atoms with van der Waals surface area (Å²) in [6, 6.07) is 3.32. The van der Waals surface area contributed by atoms with Crippen molar-refractivity contribution < 1.29 is 19.0 Å². The van der Waals surface area contributed by atoms with Gasteiger partial charge in [0, 0.05) is 17.0 Å². The van der Waals surface area contributed by atoms with Crippen molar-refractivity contribution in [2.24, 2.45) is 0 Å². The van der Waals surface area contributed by atoms with E-state index in [1.54, 1.807) is 12.1 Å². The molecule has 0 unspecified atom stereocenters. The summed E-state index contributed by atoms with van der Waals surface area (Å²) in [5.74, 6) is 0.597. The summed E-state index contributed by atoms with van der Waals surface area (Å²) in [5.41, 5.74) is 2.04. The Morgan fingerprint density at radius 3 is 2.41 bits per heavy atom. The van der Waals surface area contributed by atoms with Crippen LogP contribution in [0.1, 0.15) is 27.7 Å². The highest BCUT2D eigenvalue weighted by Crippen LogP contribution is 2.37. The number of carbonyl (C=O) groups is 1. The molecule has 27 heavy (non-hydrogen) atoms. The molecule has 0 aliphatic heterocycles. The monoisotopic (exact) mass is 428 g/mol. The lowest BCUT2D eigenvalue weighted by Crippen LogP contribution is -2.20. The predicted molar refractivity (Wildman–Crippen MR) is 114 cm³/mol. The molecular formula is C18H21ClN2O4S2. The van der Waals surface area contributed by atoms with Gasteiger partial charge in [-0.05, 0) is 31.1 Å². The lowest BCUT2D eigenvalue weighted by atomic mass is 10.1. The lowest BCUT2D eigenvalue weighted by Gasteiger charge is -2.15. The molecular weight excluding hydrogens is 408 g/mol. The smallest absolute Gasteiger partial charge is 0.341 e. The van der Waals surface area contributed by atoms with Crippen molar-refractivity contribution in [2.75, 3.05) is 32.0 Å². The number of methoxy groups -OCH3 is 3. The molecule has 0 spiro atoms. The van der Waals surface area contributed by atoms with Gasteiger partial charge in [0.2, 0.25) is 0 Å². The van der Waals surface area contributed by atoms with E-state index in [2.05, 4.69) is 10.6 Å². The molecule has 0 atom stereocenters. The Kier molecular flexibility index (Phi) is 7.29. The van der Waals surface area contributed by atoms with Crippen molar-refractivity contribution in [3.63, 3.8) is 0 Å². The first-order valence-electron chi connectivity index (χ1n) is 8.06. The molecule has 2 N–H and O–H groups in total. The molecule has 146 valence electrons. The van der Waals surface area contributed by atoms with Gasteiger partial charge in [-0.15, -0.1) is 11.3 Å². The molecule has 0 radical (unpaired) electrons. The van der Waals surface area contributed by atoms with Gasteiger partial charge in [0.25, 0.3) is 0 Å². The van der Waals surface area contributed by atoms with E-state index in [0.29, 0.717) is 37.9 Å². The van der Waals surface area contributed by atoms with Gasteiger partial charge in [0.1, 0.15) is 16.5 Å². The van der Waals surface area contributed by atoms with Crippen molar-refractivity contribution in [2.45, 2.75) is 20.3 Å². The summed E-state index contributed by atoms with van der Waals surface area (Å²) in [4.78, 5) is 13.3. The van der Waals surface area contributed by atoms with Crippen molar-refractivity contribution in [3.8, 4) is 11.5 Å². The van der Waals surface area contributed by atoms with Crippen LogP contribution in [-0.2, 0) is 11.2 Å². The van der Waals surface area contributed by atoms with E-state index >= 15 is 0 Å². The highest BCUT2D eigenvalue weighted by atomic mass is 35.5. The van der Waals surface area contributed by atoms with Gasteiger partial charge < -0.3 is 24.8 Å². The van der Waals surface area contributed by atoms with Crippen LogP contribution < -0.4 is 20.1 Å². The van der Waals surface area contributed by atoms with Gasteiger partial charge in [-0.3, -0.25) is 0 Å². The zero-order chi connectivity index (χ0) is 20.1. The van der Waals surface area contributed by atoms with Crippen LogP contribution in [0.4, 0.5) is 10.7 Å². The average molecular weight is 429 g/mol. The van der Waals surface area contributed by atoms with Crippen LogP contribution in [0.5, 0.6) is 11.5 Å². The van der Waals surface area contributed by atoms with E-state index in [1.165, 1.54) is 32.7 Å². The summed E-state index contributed by atoms with van der Waals surface area (Å²) in [6.07, 6.45) is 0.719. The number of thiophene rings is 1. The first-order chi connectivity index (χ1) is 12.9. The number of nitrogens with one attached hydrogen (secondary N) is 2. The minimum atomic E-state index is -0.396. The zero-order valence-corrected chi connectivity index (χ0v) is 18.1. The number of ether oxygens (including phenoxy) is 3. The molecule has 9 heteroatoms. The molecule has 0 fully saturated rings. The molecule has 2 aromatic rings. The lowest BCUT2D eigenvalue weighted by molar-refractivity contribution is 0.0601. The third-order valence-electron chi connectivity index (χ3n) is 3.90. The van der Waals surface area contributed by atoms with E-state index < -0.39 is 5.97 Å². The maximum Gasteiger partial charge on any atom is 0.341 e. The third kappa shape index (κ3) is 4.63. The molecule has 6 nitrogen and oxygen atoms in total. The number of aryl methyl sites for hydroxylation is 1. The molecule has 1 aromatic carbocycles. The van der Waals surface area contributed by atoms with Crippen LogP contribution in [0.25, 0.3) is 0 Å². The van der Waals surface area contributed by atoms with Crippen molar-refractivity contribution >= 4 is 56.9 Å². The molecule has 1 aromatic heterocycles. The second kappa shape index (κ2) is 9.25. The van der Waals surface area contributed by atoms with E-state index in [0.717, 1.165) is 16.9 Å². The number of rotatable bonds is 6. The van der Waals surface area contributed by atoms with Crippen molar-refractivity contribution in [1.82, 2.24) is 0 Å². The number of esters is 1. The van der Waals surface area contributed by atoms with Gasteiger partial charge in [-0.2, -0.15) is 0 Å². The largest absolute Gasteiger partial charge is 0.495 e. The fourth-order valence-corrected chi connectivity index (χ4v) is 4.27. The van der Waals surface area contributed by atoms with Crippen LogP contribution in [0.2, 0.25) is 5.02 Å². The maximum atomic E-state index is 12.2. The summed E-state index contributed by atoms with van der Waals surface area (Å²) >= 11 is 13.0. The highest BCUT2D eigenvalue weighted by Gasteiger charge is 2.22. The molecule has 0 aliphatic rings. The van der Waals surface area contributed by atoms with Crippen molar-refractivity contribution in [3.05, 3.63) is 33.2 Å². The predicted octanol–water partition coefficient (Wildman–Crippen LogP) is 4.89. The van der Waals surface area contributed by atoms with Crippen molar-refractivity contribution in [1.29, 1.82) is 0 Å². The van der Waals surface area contributed by atoms with E-state index in [-0.39, 0.29) is 0 Å². The summed E-state index contributed by atoms with van der Waals surface area (Å²) in [6.45, 7) is 3.96. The molecule has 1 heterocycles. The Morgan fingerprint density at radius 2 is 1.85 bits per heavy atom. The molecule has 0 bridgehead atoms. The van der Waals surface area contributed by atoms with E-state index in [1.807, 2.05) is 13.8 Å². The fourth-order valence-electron chi connectivity index (χ4n) is 2.63. The first-order valence-corrected chi connectivity index (χ1v) is 9.66. The van der Waals surface area contributed by atoms with Crippen LogP contribution in [-0.4, -0.2) is 32.4 Å². The Morgan fingerprint density at radius 1 is 1.19 bits per heavy atom. The minimum Gasteiger partial charge on any atom is -0.495 e. The average Bonchev–Trinajstić information content (AvgIpc) is 2.96. The number of halogens is 1. The minimum absolute atomic E-state index is 0.298. The van der Waals surface area contributed by atoms with Gasteiger partial charge in [-0.1, -0.05) is 18.5 Å². The third-order valence-corrected chi connectivity index (χ3v) is 5.46. The summed E-state index contributed by atoms with van der Waals surface area (Å²) in [7, 11) is 4.42. The Hall–Kier alpha value is -2.03. The molecule has 0 saturated carbocycles. The summed E-state index contributed by atoms with van der Waals surface area (Å²) in [5, 5.41) is 7.49. The SMILES string of the molecule is CCc1c(C)sc(NC(=S)Nc2cc(OC)c(Cl)cc2OC)c1C(=O)OC. The second-order valence-corrected chi connectivity index (χ2v) is 7.49. The Bertz CT molecular complexity index is 868. The van der Waals surface area contributed by atoms with Crippen LogP contribution in [0.15, 0.2) is 12.1 Å². The van der Waals surface area contributed by atoms with Gasteiger partial charge in [0.05, 0.1) is 37.6 Å². The first kappa shape index (κ1) is 21.3. The number of carbonyl (C=O) groups excluding carboxylic acids is 1. The van der Waals surface area contributed by atoms with Crippen LogP contribution >= 0.6 is 35.2 Å². The van der Waals surface area contributed by atoms with Crippen LogP contribution in [0.3, 0.4) is 0 Å². The number of hydrogen-bond donors (Lipinski definition) is 2. The Balaban J connectivity index is 2.30. The van der Waals surface area contributed by atoms with Gasteiger partial charge in [0.15, 0.2) is 5.11 Å². The zero-order valence-electron chi connectivity index (χ0n) is 15.7. The van der Waals surface area contributed by atoms with E-state index in [4.69, 9.17) is 38.0 Å². The van der Waals surface area contributed by atoms with Gasteiger partial charge >= 0.3 is 5.97 Å². The molecule has 0 amide bonds. The second-order valence-electron chi connectivity index (χ2n) is 5.45. The maximum absolute atomic E-state index is 12.2. The normalized spacial score (nSPS) is 10.3. The van der Waals surface area contributed by atoms with Crippen LogP contribution in [0, 0.1) is 6.92 Å². The standard InChI is InChI=1S/C18H21ClN2O4S2/c1-6-10-9(2)27-16(15(10)17(22)25-5)21-18(26)20-12-8-13(23-3)11(19)7-14(12)24-4/h7-8H,6H2,1-5H3,(H2,20,21,26). The molecule has 2 rings (SSSR count). The molecule has 0 aliphatic carbocycles. The quantitative estimate of drug-likeness (QED) is 0.501.